The van der Waals surface area contributed by atoms with Gasteiger partial charge in [-0.2, -0.15) is 0 Å². The number of amides is 15. The average molecular weight is 1890 g/mol. The van der Waals surface area contributed by atoms with Crippen molar-refractivity contribution in [3.63, 3.8) is 0 Å². The number of fused-ring (bicyclic) bond motifs is 3. The molecular weight excluding hydrogens is 1770 g/mol. The fraction of sp³-hybridized carbons (Fsp3) is 0.462. The Bertz CT molecular complexity index is 5230. The van der Waals surface area contributed by atoms with E-state index in [2.05, 4.69) is 52.8 Å². The Morgan fingerprint density at radius 2 is 1.08 bits per heavy atom. The lowest BCUT2D eigenvalue weighted by atomic mass is 9.98. The molecule has 3 aliphatic heterocycles. The van der Waals surface area contributed by atoms with E-state index in [1.54, 1.807) is 67.7 Å². The van der Waals surface area contributed by atoms with E-state index in [4.69, 9.17) is 16.2 Å². The summed E-state index contributed by atoms with van der Waals surface area (Å²) in [5, 5.41) is 64.7. The number of aromatic nitrogens is 1. The van der Waals surface area contributed by atoms with Crippen LogP contribution in [0.2, 0.25) is 0 Å². The number of primary amides is 1. The third-order valence-electron chi connectivity index (χ3n) is 23.4. The molecule has 4 heterocycles. The predicted octanol–water partition coefficient (Wildman–Crippen LogP) is -0.0297. The maximum absolute atomic E-state index is 15.7. The average Bonchev–Trinajstić information content (AvgIpc) is 1.71. The smallest absolute Gasteiger partial charge is 0.305 e. The van der Waals surface area contributed by atoms with Gasteiger partial charge in [0, 0.05) is 95.6 Å². The number of hydrogen-bond acceptors (Lipinski definition) is 22. The molecular formula is C91H114F3N17O22S. The van der Waals surface area contributed by atoms with Gasteiger partial charge in [0.1, 0.15) is 90.0 Å². The van der Waals surface area contributed by atoms with Crippen molar-refractivity contribution in [3.8, 4) is 11.5 Å². The van der Waals surface area contributed by atoms with Gasteiger partial charge in [0.05, 0.1) is 31.9 Å². The molecule has 3 aliphatic rings. The van der Waals surface area contributed by atoms with Crippen molar-refractivity contribution in [2.45, 2.75) is 189 Å². The van der Waals surface area contributed by atoms with Crippen LogP contribution >= 0.6 is 11.8 Å². The second-order valence-electron chi connectivity index (χ2n) is 33.4. The number of hydrogen-bond donors (Lipinski definition) is 16. The molecule has 13 atom stereocenters. The Morgan fingerprint density at radius 3 is 1.71 bits per heavy atom. The molecule has 0 spiro atoms. The molecule has 0 aliphatic carbocycles. The van der Waals surface area contributed by atoms with E-state index in [9.17, 15) is 63.2 Å². The van der Waals surface area contributed by atoms with E-state index >= 15 is 51.9 Å². The molecule has 15 amide bonds. The highest BCUT2D eigenvalue weighted by Gasteiger charge is 2.46. The summed E-state index contributed by atoms with van der Waals surface area (Å²) >= 11 is 0.617. The monoisotopic (exact) mass is 1890 g/mol. The normalized spacial score (nSPS) is 23.5. The van der Waals surface area contributed by atoms with Gasteiger partial charge >= 0.3 is 11.9 Å². The molecule has 0 saturated carbocycles. The molecule has 0 bridgehead atoms. The zero-order valence-corrected chi connectivity index (χ0v) is 75.6. The molecule has 6 aromatic rings. The van der Waals surface area contributed by atoms with Crippen LogP contribution in [0.3, 0.4) is 0 Å². The standard InChI is InChI=1S/C91H114F3N17O22S/c1-7-8-19-69-90(131)110-33-14-20-68(110)84(125)104-65(43-76(118)119)83(124)106-78(49(2)3)91(132)108(5)70(40-50-15-10-9-11-16-50)85(126)101-62(29-30-75(116)117)88(129)111-34-35-133-46-72(111)86(127)103-64(42-54-44-97-60-18-13-12-17-57(54)60)82(123)102-63(38-51-21-25-55(112)26-22-51)81(122)100-61(31-32-95)80(121)105-67(79(120)98-45-73(96)114)47-134-48-74(115)99-66(39-53-36-58(92)77(94)59(93)37-53)87(128)109(6)71(89(130)107(69)4)41-52-23-27-56(113)28-24-52/h9-13,15-18,21-28,36-37,44,49,61-72,78,97,112-113H,7-8,14,19-20,29-35,38-43,45-48,95H2,1-6H3,(H2,96,114)(H,98,120)(H,99,115)(H,100,122)(H,101,126)(H,102,123)(H,103,127)(H,104,125)(H,105,121)(H,106,124)(H,116,117)(H,118,119)/t61-,62-,63-,64+,65-,66-,67-,68+,69-,70-,71-,72+,78+/m0/s1. The van der Waals surface area contributed by atoms with Crippen molar-refractivity contribution in [1.29, 1.82) is 0 Å². The quantitative estimate of drug-likeness (QED) is 0.0354. The van der Waals surface area contributed by atoms with Crippen LogP contribution in [0.4, 0.5) is 13.2 Å². The second kappa shape index (κ2) is 49.1. The van der Waals surface area contributed by atoms with Crippen molar-refractivity contribution >= 4 is 123 Å². The Hall–Kier alpha value is -13.7. The first-order valence-corrected chi connectivity index (χ1v) is 44.9. The number of ether oxygens (including phenoxy) is 1. The van der Waals surface area contributed by atoms with Crippen molar-refractivity contribution in [3.05, 3.63) is 167 Å². The van der Waals surface area contributed by atoms with Crippen molar-refractivity contribution < 1.29 is 120 Å². The summed E-state index contributed by atoms with van der Waals surface area (Å²) in [5.74, 6) is -26.8. The van der Waals surface area contributed by atoms with Crippen LogP contribution in [-0.2, 0) is 118 Å². The zero-order chi connectivity index (χ0) is 97.9. The number of H-pyrrole nitrogens is 1. The minimum atomic E-state index is -2.00. The first-order chi connectivity index (χ1) is 63.7. The number of aliphatic carboxylic acids is 2. The number of aromatic amines is 1. The number of unbranched alkanes of at least 4 members (excludes halogenated alkanes) is 1. The number of benzene rings is 5. The highest BCUT2D eigenvalue weighted by molar-refractivity contribution is 8.00. The molecule has 43 heteroatoms. The fourth-order valence-corrected chi connectivity index (χ4v) is 16.9. The molecule has 18 N–H and O–H groups in total. The van der Waals surface area contributed by atoms with Gasteiger partial charge in [0.25, 0.3) is 0 Å². The number of rotatable bonds is 24. The van der Waals surface area contributed by atoms with Crippen LogP contribution in [0.25, 0.3) is 10.9 Å². The largest absolute Gasteiger partial charge is 0.508 e. The zero-order valence-electron chi connectivity index (χ0n) is 74.8. The third-order valence-corrected chi connectivity index (χ3v) is 24.4. The molecule has 0 unspecified atom stereocenters. The lowest BCUT2D eigenvalue weighted by Gasteiger charge is -2.38. The van der Waals surface area contributed by atoms with E-state index in [1.807, 2.05) is 0 Å². The lowest BCUT2D eigenvalue weighted by molar-refractivity contribution is -0.152. The number of phenolic OH excluding ortho intramolecular Hbond substituents is 2. The minimum absolute atomic E-state index is 0.0849. The SMILES string of the molecule is CCCC[C@H]1C(=O)N2CCC[C@@H]2C(=O)N[C@@H](CC(=O)O)C(=O)N[C@H](C(C)C)C(=O)N(C)[C@@H](Cc2ccccc2)C(=O)N[C@@H](CCC(=O)O)C(=O)N2CCOC[C@@H]2C(=O)N[C@H](Cc2c[nH]c3ccccc23)C(=O)N[C@@H](Cc2ccc(O)cc2)C(=O)N[C@@H](CCN)C(=O)N[C@H](C(=O)NCC(N)=O)CSCC(=O)N[C@@H](Cc2cc(F)c(F)c(F)c2)C(=O)N(C)[C@@H](Cc2ccc(O)cc2)C(=O)N1C. The van der Waals surface area contributed by atoms with Gasteiger partial charge in [-0.05, 0) is 115 Å². The number of likely N-dealkylation sites (N-methyl/N-ethyl adjacent to an activating group) is 3. The first kappa shape index (κ1) is 104. The summed E-state index contributed by atoms with van der Waals surface area (Å²) < 4.78 is 50.8. The lowest BCUT2D eigenvalue weighted by Crippen LogP contribution is -2.64. The van der Waals surface area contributed by atoms with E-state index in [1.165, 1.54) is 76.5 Å². The number of nitrogens with one attached hydrogen (secondary N) is 10. The van der Waals surface area contributed by atoms with E-state index in [-0.39, 0.29) is 76.3 Å². The van der Waals surface area contributed by atoms with Crippen LogP contribution in [-0.4, -0.2) is 301 Å². The number of morpholine rings is 1. The molecule has 9 rings (SSSR count). The fourth-order valence-electron chi connectivity index (χ4n) is 16.0. The van der Waals surface area contributed by atoms with E-state index in [0.29, 0.717) is 63.5 Å². The summed E-state index contributed by atoms with van der Waals surface area (Å²) in [7, 11) is 3.58. The molecule has 39 nitrogen and oxygen atoms in total. The molecule has 134 heavy (non-hydrogen) atoms. The number of nitrogens with two attached hydrogens (primary N) is 2. The Morgan fingerprint density at radius 1 is 0.537 bits per heavy atom. The van der Waals surface area contributed by atoms with Gasteiger partial charge < -0.3 is 114 Å². The van der Waals surface area contributed by atoms with Crippen LogP contribution < -0.4 is 59.3 Å². The summed E-state index contributed by atoms with van der Waals surface area (Å²) in [6.45, 7) is 2.30. The minimum Gasteiger partial charge on any atom is -0.508 e. The van der Waals surface area contributed by atoms with Gasteiger partial charge in [-0.1, -0.05) is 106 Å². The summed E-state index contributed by atoms with van der Waals surface area (Å²) in [6.07, 6.45) is -3.06. The number of halogens is 3. The van der Waals surface area contributed by atoms with Gasteiger partial charge in [0.2, 0.25) is 88.6 Å². The molecule has 3 saturated heterocycles. The highest BCUT2D eigenvalue weighted by Crippen LogP contribution is 2.28. The van der Waals surface area contributed by atoms with Gasteiger partial charge in [-0.15, -0.1) is 11.8 Å². The van der Waals surface area contributed by atoms with Gasteiger partial charge in [-0.25, -0.2) is 13.2 Å². The molecule has 1 aromatic heterocycles. The number of para-hydroxylation sites is 1. The predicted molar refractivity (Wildman–Crippen MR) is 479 cm³/mol. The summed E-state index contributed by atoms with van der Waals surface area (Å²) in [5.41, 5.74) is 13.1. The highest BCUT2D eigenvalue weighted by atomic mass is 32.2. The maximum Gasteiger partial charge on any atom is 0.305 e. The van der Waals surface area contributed by atoms with Crippen LogP contribution in [0, 0.1) is 23.4 Å². The van der Waals surface area contributed by atoms with Crippen molar-refractivity contribution in [2.75, 3.05) is 72.0 Å². The number of carboxylic acid groups (broad SMARTS) is 2. The van der Waals surface area contributed by atoms with Crippen molar-refractivity contribution in [2.24, 2.45) is 17.4 Å². The number of phenols is 2. The molecule has 0 radical (unpaired) electrons. The summed E-state index contributed by atoms with van der Waals surface area (Å²) in [4.78, 5) is 257. The van der Waals surface area contributed by atoms with Crippen molar-refractivity contribution in [1.82, 2.24) is 77.3 Å². The van der Waals surface area contributed by atoms with E-state index < -0.39 is 278 Å². The van der Waals surface area contributed by atoms with E-state index in [0.717, 1.165) is 31.5 Å². The summed E-state index contributed by atoms with van der Waals surface area (Å²) in [6, 6.07) is 4.55. The topological polar surface area (TPSA) is 573 Å². The molecule has 722 valence electrons. The van der Waals surface area contributed by atoms with Gasteiger partial charge in [0.15, 0.2) is 17.5 Å². The Kier molecular flexibility index (Phi) is 38.1. The number of carboxylic acids is 2. The number of nitrogens with zero attached hydrogens (tertiary/aromatic N) is 5. The molecule has 3 fully saturated rings. The first-order valence-electron chi connectivity index (χ1n) is 43.7. The number of thioether (sulfide) groups is 1. The number of carbonyl (C=O) groups is 17. The van der Waals surface area contributed by atoms with Crippen LogP contribution in [0.1, 0.15) is 106 Å². The number of aromatic hydroxyl groups is 2. The third kappa shape index (κ3) is 28.7. The van der Waals surface area contributed by atoms with Crippen LogP contribution in [0.15, 0.2) is 121 Å². The Labute approximate surface area is 773 Å². The second-order valence-corrected chi connectivity index (χ2v) is 34.5. The van der Waals surface area contributed by atoms with Gasteiger partial charge in [-0.3, -0.25) is 81.5 Å². The van der Waals surface area contributed by atoms with Crippen LogP contribution in [0.5, 0.6) is 11.5 Å². The Balaban J connectivity index is 1.14. The molecule has 5 aromatic carbocycles. The maximum atomic E-state index is 15.7. The number of carbonyl (C=O) groups excluding carboxylic acids is 15.